The molecule has 22 heavy (non-hydrogen) atoms. The van der Waals surface area contributed by atoms with Crippen LogP contribution in [0.5, 0.6) is 0 Å². The molecule has 0 atom stereocenters. The van der Waals surface area contributed by atoms with E-state index in [1.54, 1.807) is 19.1 Å². The molecule has 116 valence electrons. The maximum Gasteiger partial charge on any atom is 0.239 e. The molecule has 0 spiro atoms. The summed E-state index contributed by atoms with van der Waals surface area (Å²) in [5.74, 6) is -1.89. The van der Waals surface area contributed by atoms with Gasteiger partial charge in [-0.25, -0.2) is 12.8 Å². The summed E-state index contributed by atoms with van der Waals surface area (Å²) in [6.07, 6.45) is 0. The Labute approximate surface area is 128 Å². The number of rotatable bonds is 4. The topological polar surface area (TPSA) is 63.2 Å². The van der Waals surface area contributed by atoms with Gasteiger partial charge in [0.05, 0.1) is 4.90 Å². The Morgan fingerprint density at radius 2 is 1.86 bits per heavy atom. The second-order valence-corrected chi connectivity index (χ2v) is 7.04. The second kappa shape index (κ2) is 6.27. The Morgan fingerprint density at radius 3 is 2.50 bits per heavy atom. The SMILES string of the molecule is Cc1ccc(S(=O)(=O)CC(=O)Nc2cccc(F)c2)c(C)c1. The van der Waals surface area contributed by atoms with Crippen molar-refractivity contribution in [2.75, 3.05) is 11.1 Å². The van der Waals surface area contributed by atoms with Gasteiger partial charge in [0.25, 0.3) is 0 Å². The number of hydrogen-bond donors (Lipinski definition) is 1. The molecule has 2 aromatic carbocycles. The number of benzene rings is 2. The molecule has 0 unspecified atom stereocenters. The zero-order valence-corrected chi connectivity index (χ0v) is 13.1. The number of carbonyl (C=O) groups excluding carboxylic acids is 1. The van der Waals surface area contributed by atoms with Crippen molar-refractivity contribution in [1.82, 2.24) is 0 Å². The summed E-state index contributed by atoms with van der Waals surface area (Å²) in [5.41, 5.74) is 1.76. The molecule has 0 saturated carbocycles. The molecule has 0 radical (unpaired) electrons. The van der Waals surface area contributed by atoms with E-state index in [0.717, 1.165) is 11.6 Å². The standard InChI is InChI=1S/C16H16FNO3S/c1-11-6-7-15(12(2)8-11)22(20,21)10-16(19)18-14-5-3-4-13(17)9-14/h3-9H,10H2,1-2H3,(H,18,19). The van der Waals surface area contributed by atoms with Crippen LogP contribution < -0.4 is 5.32 Å². The summed E-state index contributed by atoms with van der Waals surface area (Å²) in [6, 6.07) is 10.2. The third kappa shape index (κ3) is 3.92. The highest BCUT2D eigenvalue weighted by molar-refractivity contribution is 7.92. The minimum atomic E-state index is -3.74. The number of halogens is 1. The van der Waals surface area contributed by atoms with Gasteiger partial charge < -0.3 is 5.32 Å². The van der Waals surface area contributed by atoms with Gasteiger partial charge in [0.1, 0.15) is 11.6 Å². The molecule has 6 heteroatoms. The fourth-order valence-electron chi connectivity index (χ4n) is 2.16. The van der Waals surface area contributed by atoms with E-state index in [4.69, 9.17) is 0 Å². The zero-order valence-electron chi connectivity index (χ0n) is 12.3. The second-order valence-electron chi connectivity index (χ2n) is 5.09. The molecule has 2 aromatic rings. The summed E-state index contributed by atoms with van der Waals surface area (Å²) >= 11 is 0. The third-order valence-corrected chi connectivity index (χ3v) is 4.87. The number of aryl methyl sites for hydroxylation is 2. The van der Waals surface area contributed by atoms with Crippen molar-refractivity contribution in [2.24, 2.45) is 0 Å². The average Bonchev–Trinajstić information content (AvgIpc) is 2.36. The first-order chi connectivity index (χ1) is 10.3. The predicted octanol–water partition coefficient (Wildman–Crippen LogP) is 2.85. The molecule has 0 aliphatic rings. The van der Waals surface area contributed by atoms with Crippen molar-refractivity contribution < 1.29 is 17.6 Å². The van der Waals surface area contributed by atoms with Gasteiger partial charge in [0.2, 0.25) is 5.91 Å². The fourth-order valence-corrected chi connectivity index (χ4v) is 3.56. The van der Waals surface area contributed by atoms with Crippen LogP contribution in [-0.2, 0) is 14.6 Å². The summed E-state index contributed by atoms with van der Waals surface area (Å²) in [6.45, 7) is 3.55. The van der Waals surface area contributed by atoms with Crippen LogP contribution in [0, 0.1) is 19.7 Å². The Bertz CT molecular complexity index is 816. The Morgan fingerprint density at radius 1 is 1.14 bits per heavy atom. The highest BCUT2D eigenvalue weighted by Gasteiger charge is 2.21. The summed E-state index contributed by atoms with van der Waals surface area (Å²) in [7, 11) is -3.74. The van der Waals surface area contributed by atoms with Gasteiger partial charge in [0, 0.05) is 5.69 Å². The molecule has 1 amide bonds. The quantitative estimate of drug-likeness (QED) is 0.942. The molecule has 0 saturated heterocycles. The highest BCUT2D eigenvalue weighted by atomic mass is 32.2. The van der Waals surface area contributed by atoms with Crippen LogP contribution >= 0.6 is 0 Å². The van der Waals surface area contributed by atoms with Gasteiger partial charge in [-0.3, -0.25) is 4.79 Å². The third-order valence-electron chi connectivity index (χ3n) is 3.09. The largest absolute Gasteiger partial charge is 0.325 e. The monoisotopic (exact) mass is 321 g/mol. The van der Waals surface area contributed by atoms with Crippen LogP contribution in [0.2, 0.25) is 0 Å². The molecule has 2 rings (SSSR count). The number of amides is 1. The molecule has 0 bridgehead atoms. The van der Waals surface area contributed by atoms with Crippen LogP contribution in [-0.4, -0.2) is 20.1 Å². The minimum absolute atomic E-state index is 0.132. The van der Waals surface area contributed by atoms with E-state index >= 15 is 0 Å². The van der Waals surface area contributed by atoms with Gasteiger partial charge in [0.15, 0.2) is 9.84 Å². The average molecular weight is 321 g/mol. The van der Waals surface area contributed by atoms with Gasteiger partial charge in [-0.15, -0.1) is 0 Å². The van der Waals surface area contributed by atoms with Crippen LogP contribution in [0.4, 0.5) is 10.1 Å². The number of anilines is 1. The Balaban J connectivity index is 2.16. The van der Waals surface area contributed by atoms with Gasteiger partial charge in [-0.05, 0) is 43.7 Å². The smallest absolute Gasteiger partial charge is 0.239 e. The van der Waals surface area contributed by atoms with Gasteiger partial charge >= 0.3 is 0 Å². The zero-order chi connectivity index (χ0) is 16.3. The van der Waals surface area contributed by atoms with Crippen molar-refractivity contribution >= 4 is 21.4 Å². The van der Waals surface area contributed by atoms with E-state index in [0.29, 0.717) is 5.56 Å². The predicted molar refractivity (Wildman–Crippen MR) is 83.0 cm³/mol. The summed E-state index contributed by atoms with van der Waals surface area (Å²) < 4.78 is 37.6. The van der Waals surface area contributed by atoms with Crippen LogP contribution in [0.25, 0.3) is 0 Å². The van der Waals surface area contributed by atoms with Crippen LogP contribution in [0.15, 0.2) is 47.4 Å². The summed E-state index contributed by atoms with van der Waals surface area (Å²) in [5, 5.41) is 2.38. The van der Waals surface area contributed by atoms with E-state index in [2.05, 4.69) is 5.32 Å². The molecule has 0 fully saturated rings. The molecule has 4 nitrogen and oxygen atoms in total. The van der Waals surface area contributed by atoms with E-state index in [1.165, 1.54) is 24.3 Å². The van der Waals surface area contributed by atoms with Crippen molar-refractivity contribution in [3.8, 4) is 0 Å². The molecule has 0 aromatic heterocycles. The van der Waals surface area contributed by atoms with Crippen molar-refractivity contribution in [3.63, 3.8) is 0 Å². The maximum absolute atomic E-state index is 13.0. The van der Waals surface area contributed by atoms with Gasteiger partial charge in [-0.2, -0.15) is 0 Å². The number of carbonyl (C=O) groups is 1. The summed E-state index contributed by atoms with van der Waals surface area (Å²) in [4.78, 5) is 12.0. The van der Waals surface area contributed by atoms with E-state index in [1.807, 2.05) is 6.92 Å². The lowest BCUT2D eigenvalue weighted by Crippen LogP contribution is -2.23. The molecule has 0 heterocycles. The highest BCUT2D eigenvalue weighted by Crippen LogP contribution is 2.18. The van der Waals surface area contributed by atoms with Crippen molar-refractivity contribution in [1.29, 1.82) is 0 Å². The first-order valence-corrected chi connectivity index (χ1v) is 8.28. The molecule has 0 aliphatic heterocycles. The minimum Gasteiger partial charge on any atom is -0.325 e. The Hall–Kier alpha value is -2.21. The van der Waals surface area contributed by atoms with Gasteiger partial charge in [-0.1, -0.05) is 23.8 Å². The molecular formula is C16H16FNO3S. The van der Waals surface area contributed by atoms with E-state index < -0.39 is 27.3 Å². The number of nitrogens with one attached hydrogen (secondary N) is 1. The fraction of sp³-hybridized carbons (Fsp3) is 0.188. The molecular weight excluding hydrogens is 305 g/mol. The Kier molecular flexibility index (Phi) is 4.61. The first kappa shape index (κ1) is 16.2. The lowest BCUT2D eigenvalue weighted by molar-refractivity contribution is -0.113. The van der Waals surface area contributed by atoms with E-state index in [9.17, 15) is 17.6 Å². The van der Waals surface area contributed by atoms with Crippen molar-refractivity contribution in [3.05, 3.63) is 59.4 Å². The number of sulfone groups is 1. The normalized spacial score (nSPS) is 11.2. The number of hydrogen-bond acceptors (Lipinski definition) is 3. The van der Waals surface area contributed by atoms with Crippen LogP contribution in [0.1, 0.15) is 11.1 Å². The van der Waals surface area contributed by atoms with E-state index in [-0.39, 0.29) is 10.6 Å². The lowest BCUT2D eigenvalue weighted by Gasteiger charge is -2.09. The molecule has 1 N–H and O–H groups in total. The van der Waals surface area contributed by atoms with Crippen molar-refractivity contribution in [2.45, 2.75) is 18.7 Å². The van der Waals surface area contributed by atoms with Crippen LogP contribution in [0.3, 0.4) is 0 Å². The molecule has 0 aliphatic carbocycles. The first-order valence-electron chi connectivity index (χ1n) is 6.63. The maximum atomic E-state index is 13.0. The lowest BCUT2D eigenvalue weighted by atomic mass is 10.2.